The zero-order valence-corrected chi connectivity index (χ0v) is 10.7. The van der Waals surface area contributed by atoms with E-state index in [0.29, 0.717) is 6.54 Å². The zero-order chi connectivity index (χ0) is 13.0. The maximum atomic E-state index is 13.5. The fraction of sp³-hybridized carbons (Fsp3) is 0.462. The standard InChI is InChI=1S/C13H15ClFNO2/c14-11-4-1-5-12(15)10(11)8-18-13(17)9-3-2-6-16-7-9/h1,4-5,9,16H,2-3,6-8H2. The molecule has 0 aromatic heterocycles. The van der Waals surface area contributed by atoms with Crippen molar-refractivity contribution >= 4 is 17.6 Å². The summed E-state index contributed by atoms with van der Waals surface area (Å²) in [5, 5.41) is 3.42. The lowest BCUT2D eigenvalue weighted by atomic mass is 10.0. The van der Waals surface area contributed by atoms with Crippen LogP contribution in [-0.2, 0) is 16.1 Å². The second-order valence-electron chi connectivity index (χ2n) is 4.35. The quantitative estimate of drug-likeness (QED) is 0.859. The summed E-state index contributed by atoms with van der Waals surface area (Å²) in [6.45, 7) is 1.45. The van der Waals surface area contributed by atoms with Gasteiger partial charge < -0.3 is 10.1 Å². The Kier molecular flexibility index (Phi) is 4.55. The van der Waals surface area contributed by atoms with Crippen LogP contribution in [0, 0.1) is 11.7 Å². The molecule has 1 aliphatic rings. The van der Waals surface area contributed by atoms with E-state index in [0.717, 1.165) is 19.4 Å². The lowest BCUT2D eigenvalue weighted by molar-refractivity contribution is -0.150. The van der Waals surface area contributed by atoms with Gasteiger partial charge in [-0.1, -0.05) is 17.7 Å². The molecule has 1 N–H and O–H groups in total. The van der Waals surface area contributed by atoms with E-state index >= 15 is 0 Å². The van der Waals surface area contributed by atoms with Gasteiger partial charge in [0.25, 0.3) is 0 Å². The van der Waals surface area contributed by atoms with E-state index in [9.17, 15) is 9.18 Å². The van der Waals surface area contributed by atoms with Crippen LogP contribution in [0.3, 0.4) is 0 Å². The predicted octanol–water partition coefficient (Wildman–Crippen LogP) is 2.52. The smallest absolute Gasteiger partial charge is 0.310 e. The molecule has 5 heteroatoms. The summed E-state index contributed by atoms with van der Waals surface area (Å²) in [5.74, 6) is -0.872. The average Bonchev–Trinajstić information content (AvgIpc) is 2.39. The van der Waals surface area contributed by atoms with Crippen LogP contribution < -0.4 is 5.32 Å². The van der Waals surface area contributed by atoms with Crippen LogP contribution in [-0.4, -0.2) is 19.1 Å². The van der Waals surface area contributed by atoms with Crippen molar-refractivity contribution in [1.82, 2.24) is 5.32 Å². The molecule has 1 fully saturated rings. The minimum atomic E-state index is -0.447. The molecule has 1 unspecified atom stereocenters. The second kappa shape index (κ2) is 6.16. The number of ether oxygens (including phenoxy) is 1. The summed E-state index contributed by atoms with van der Waals surface area (Å²) in [7, 11) is 0. The van der Waals surface area contributed by atoms with Gasteiger partial charge in [0, 0.05) is 12.1 Å². The van der Waals surface area contributed by atoms with Crippen LogP contribution in [0.25, 0.3) is 0 Å². The molecule has 0 bridgehead atoms. The molecule has 1 saturated heterocycles. The monoisotopic (exact) mass is 271 g/mol. The van der Waals surface area contributed by atoms with Gasteiger partial charge in [-0.3, -0.25) is 4.79 Å². The first-order valence-corrected chi connectivity index (χ1v) is 6.36. The van der Waals surface area contributed by atoms with Crippen molar-refractivity contribution in [2.75, 3.05) is 13.1 Å². The number of nitrogens with one attached hydrogen (secondary N) is 1. The molecule has 2 rings (SSSR count). The average molecular weight is 272 g/mol. The van der Waals surface area contributed by atoms with Crippen LogP contribution in [0.4, 0.5) is 4.39 Å². The highest BCUT2D eigenvalue weighted by Gasteiger charge is 2.22. The normalized spacial score (nSPS) is 19.6. The predicted molar refractivity (Wildman–Crippen MR) is 66.8 cm³/mol. The first kappa shape index (κ1) is 13.3. The molecule has 18 heavy (non-hydrogen) atoms. The Balaban J connectivity index is 1.92. The number of halogens is 2. The van der Waals surface area contributed by atoms with E-state index < -0.39 is 5.82 Å². The maximum absolute atomic E-state index is 13.5. The molecule has 1 aliphatic heterocycles. The number of rotatable bonds is 3. The summed E-state index contributed by atoms with van der Waals surface area (Å²) >= 11 is 5.86. The number of benzene rings is 1. The Morgan fingerprint density at radius 1 is 1.56 bits per heavy atom. The third-order valence-corrected chi connectivity index (χ3v) is 3.40. The molecular formula is C13H15ClFNO2. The zero-order valence-electron chi connectivity index (χ0n) is 9.92. The first-order valence-electron chi connectivity index (χ1n) is 5.98. The molecule has 1 atom stereocenters. The highest BCUT2D eigenvalue weighted by molar-refractivity contribution is 6.31. The Morgan fingerprint density at radius 2 is 2.39 bits per heavy atom. The van der Waals surface area contributed by atoms with Crippen molar-refractivity contribution in [3.05, 3.63) is 34.6 Å². The maximum Gasteiger partial charge on any atom is 0.310 e. The van der Waals surface area contributed by atoms with E-state index in [1.165, 1.54) is 12.1 Å². The first-order chi connectivity index (χ1) is 8.68. The topological polar surface area (TPSA) is 38.3 Å². The van der Waals surface area contributed by atoms with Gasteiger partial charge in [-0.2, -0.15) is 0 Å². The van der Waals surface area contributed by atoms with Gasteiger partial charge >= 0.3 is 5.97 Å². The van der Waals surface area contributed by atoms with Gasteiger partial charge in [0.05, 0.1) is 10.9 Å². The molecule has 1 heterocycles. The van der Waals surface area contributed by atoms with Crippen LogP contribution in [0.5, 0.6) is 0 Å². The van der Waals surface area contributed by atoms with Crippen molar-refractivity contribution < 1.29 is 13.9 Å². The van der Waals surface area contributed by atoms with Crippen molar-refractivity contribution in [2.45, 2.75) is 19.4 Å². The van der Waals surface area contributed by atoms with Crippen molar-refractivity contribution in [2.24, 2.45) is 5.92 Å². The largest absolute Gasteiger partial charge is 0.460 e. The van der Waals surface area contributed by atoms with E-state index in [-0.39, 0.29) is 29.1 Å². The van der Waals surface area contributed by atoms with Crippen molar-refractivity contribution in [1.29, 1.82) is 0 Å². The third-order valence-electron chi connectivity index (χ3n) is 3.05. The fourth-order valence-electron chi connectivity index (χ4n) is 1.98. The summed E-state index contributed by atoms with van der Waals surface area (Å²) < 4.78 is 18.6. The van der Waals surface area contributed by atoms with Gasteiger partial charge in [0.15, 0.2) is 0 Å². The van der Waals surface area contributed by atoms with Crippen LogP contribution in [0.1, 0.15) is 18.4 Å². The highest BCUT2D eigenvalue weighted by atomic mass is 35.5. The molecule has 0 spiro atoms. The summed E-state index contributed by atoms with van der Waals surface area (Å²) in [6, 6.07) is 4.40. The van der Waals surface area contributed by atoms with E-state index in [4.69, 9.17) is 16.3 Å². The minimum absolute atomic E-state index is 0.110. The summed E-state index contributed by atoms with van der Waals surface area (Å²) in [4.78, 5) is 11.8. The van der Waals surface area contributed by atoms with E-state index in [1.54, 1.807) is 6.07 Å². The van der Waals surface area contributed by atoms with E-state index in [2.05, 4.69) is 5.32 Å². The molecule has 0 amide bonds. The van der Waals surface area contributed by atoms with Gasteiger partial charge in [-0.15, -0.1) is 0 Å². The lowest BCUT2D eigenvalue weighted by Gasteiger charge is -2.21. The van der Waals surface area contributed by atoms with Crippen molar-refractivity contribution in [3.63, 3.8) is 0 Å². The molecule has 0 saturated carbocycles. The van der Waals surface area contributed by atoms with Gasteiger partial charge in [0.1, 0.15) is 12.4 Å². The van der Waals surface area contributed by atoms with Gasteiger partial charge in [0.2, 0.25) is 0 Å². The lowest BCUT2D eigenvalue weighted by Crippen LogP contribution is -2.35. The summed E-state index contributed by atoms with van der Waals surface area (Å²) in [6.07, 6.45) is 1.77. The number of carbonyl (C=O) groups is 1. The Morgan fingerprint density at radius 3 is 3.06 bits per heavy atom. The molecule has 0 aliphatic carbocycles. The Hall–Kier alpha value is -1.13. The fourth-order valence-corrected chi connectivity index (χ4v) is 2.20. The number of hydrogen-bond acceptors (Lipinski definition) is 3. The molecule has 1 aromatic rings. The molecular weight excluding hydrogens is 257 g/mol. The van der Waals surface area contributed by atoms with Gasteiger partial charge in [-0.05, 0) is 31.5 Å². The molecule has 3 nitrogen and oxygen atoms in total. The molecule has 1 aromatic carbocycles. The highest BCUT2D eigenvalue weighted by Crippen LogP contribution is 2.21. The second-order valence-corrected chi connectivity index (χ2v) is 4.76. The Bertz CT molecular complexity index is 413. The van der Waals surface area contributed by atoms with Crippen LogP contribution >= 0.6 is 11.6 Å². The number of hydrogen-bond donors (Lipinski definition) is 1. The third kappa shape index (κ3) is 3.21. The summed E-state index contributed by atoms with van der Waals surface area (Å²) in [5.41, 5.74) is 0.233. The van der Waals surface area contributed by atoms with Crippen LogP contribution in [0.15, 0.2) is 18.2 Å². The van der Waals surface area contributed by atoms with E-state index in [1.807, 2.05) is 0 Å². The van der Waals surface area contributed by atoms with Crippen molar-refractivity contribution in [3.8, 4) is 0 Å². The number of esters is 1. The number of carbonyl (C=O) groups excluding carboxylic acids is 1. The SMILES string of the molecule is O=C(OCc1c(F)cccc1Cl)C1CCCNC1. The number of piperidine rings is 1. The van der Waals surface area contributed by atoms with Crippen LogP contribution in [0.2, 0.25) is 5.02 Å². The van der Waals surface area contributed by atoms with Gasteiger partial charge in [-0.25, -0.2) is 4.39 Å². The molecule has 98 valence electrons. The molecule has 0 radical (unpaired) electrons. The Labute approximate surface area is 110 Å². The minimum Gasteiger partial charge on any atom is -0.460 e.